The molecule has 0 amide bonds. The molecule has 0 saturated carbocycles. The van der Waals surface area contributed by atoms with Gasteiger partial charge in [-0.15, -0.1) is 0 Å². The quantitative estimate of drug-likeness (QED) is 0.723. The van der Waals surface area contributed by atoms with Crippen molar-refractivity contribution in [3.63, 3.8) is 0 Å². The molecule has 1 aromatic carbocycles. The maximum absolute atomic E-state index is 11.8. The normalized spacial score (nSPS) is 12.3. The second kappa shape index (κ2) is 6.70. The number of carboxylic acid groups (broad SMARTS) is 1. The lowest BCUT2D eigenvalue weighted by molar-refractivity contribution is 0.0698. The smallest absolute Gasteiger partial charge is 0.342 e. The van der Waals surface area contributed by atoms with Crippen LogP contribution in [0.1, 0.15) is 23.0 Å². The number of aromatic carboxylic acids is 1. The van der Waals surface area contributed by atoms with Crippen LogP contribution in [0.25, 0.3) is 22.6 Å². The largest absolute Gasteiger partial charge is 0.477 e. The zero-order chi connectivity index (χ0) is 18.1. The molecule has 0 radical (unpaired) electrons. The third kappa shape index (κ3) is 3.16. The van der Waals surface area contributed by atoms with Gasteiger partial charge in [-0.25, -0.2) is 4.79 Å². The van der Waals surface area contributed by atoms with Crippen LogP contribution in [-0.4, -0.2) is 37.2 Å². The number of halogens is 1. The van der Waals surface area contributed by atoms with Gasteiger partial charge in [0, 0.05) is 11.3 Å². The zero-order valence-corrected chi connectivity index (χ0v) is 14.4. The fourth-order valence-electron chi connectivity index (χ4n) is 2.61. The van der Waals surface area contributed by atoms with Crippen LogP contribution in [0.15, 0.2) is 35.0 Å². The molecule has 25 heavy (non-hydrogen) atoms. The Bertz CT molecular complexity index is 930. The van der Waals surface area contributed by atoms with Crippen molar-refractivity contribution in [2.24, 2.45) is 0 Å². The number of hydrogen-bond donors (Lipinski definition) is 2. The number of benzene rings is 1. The van der Waals surface area contributed by atoms with E-state index in [2.05, 4.69) is 10.3 Å². The topological polar surface area (TPSA) is 101 Å². The van der Waals surface area contributed by atoms with Gasteiger partial charge in [-0.1, -0.05) is 35.0 Å². The Morgan fingerprint density at radius 1 is 1.36 bits per heavy atom. The van der Waals surface area contributed by atoms with Crippen LogP contribution in [0.5, 0.6) is 0 Å². The summed E-state index contributed by atoms with van der Waals surface area (Å²) in [5, 5.41) is 27.7. The van der Waals surface area contributed by atoms with Gasteiger partial charge in [0.15, 0.2) is 5.76 Å². The van der Waals surface area contributed by atoms with Gasteiger partial charge in [0.1, 0.15) is 11.3 Å². The summed E-state index contributed by atoms with van der Waals surface area (Å²) in [5.41, 5.74) is 1.74. The van der Waals surface area contributed by atoms with E-state index in [0.29, 0.717) is 28.4 Å². The molecule has 0 fully saturated rings. The predicted octanol–water partition coefficient (Wildman–Crippen LogP) is 3.25. The summed E-state index contributed by atoms with van der Waals surface area (Å²) in [4.78, 5) is 11.8. The Morgan fingerprint density at radius 3 is 2.72 bits per heavy atom. The van der Waals surface area contributed by atoms with E-state index < -0.39 is 12.1 Å². The second-order valence-electron chi connectivity index (χ2n) is 5.70. The van der Waals surface area contributed by atoms with Crippen LogP contribution in [-0.2, 0) is 6.54 Å². The summed E-state index contributed by atoms with van der Waals surface area (Å²) in [6.45, 7) is 3.71. The van der Waals surface area contributed by atoms with Crippen LogP contribution < -0.4 is 0 Å². The molecule has 0 aliphatic rings. The Balaban J connectivity index is 2.15. The zero-order valence-electron chi connectivity index (χ0n) is 13.6. The lowest BCUT2D eigenvalue weighted by Gasteiger charge is -2.07. The third-order valence-corrected chi connectivity index (χ3v) is 4.15. The minimum Gasteiger partial charge on any atom is -0.477 e. The SMILES string of the molecule is Cc1c(-c2onc(-c3ccccc3Cl)c2C(=O)O)cnn1C[C@H](C)O. The van der Waals surface area contributed by atoms with E-state index in [1.807, 2.05) is 0 Å². The minimum atomic E-state index is -1.17. The highest BCUT2D eigenvalue weighted by molar-refractivity contribution is 6.33. The van der Waals surface area contributed by atoms with E-state index in [1.165, 1.54) is 6.20 Å². The maximum Gasteiger partial charge on any atom is 0.342 e. The van der Waals surface area contributed by atoms with Crippen molar-refractivity contribution in [1.29, 1.82) is 0 Å². The predicted molar refractivity (Wildman–Crippen MR) is 91.5 cm³/mol. The van der Waals surface area contributed by atoms with Gasteiger partial charge >= 0.3 is 5.97 Å². The molecular formula is C17H16ClN3O4. The molecule has 0 saturated heterocycles. The summed E-state index contributed by atoms with van der Waals surface area (Å²) in [5.74, 6) is -1.06. The Labute approximate surface area is 148 Å². The highest BCUT2D eigenvalue weighted by Gasteiger charge is 2.28. The van der Waals surface area contributed by atoms with E-state index in [4.69, 9.17) is 16.1 Å². The summed E-state index contributed by atoms with van der Waals surface area (Å²) < 4.78 is 6.93. The van der Waals surface area contributed by atoms with E-state index in [0.717, 1.165) is 0 Å². The number of rotatable bonds is 5. The molecule has 3 aromatic rings. The summed E-state index contributed by atoms with van der Waals surface area (Å²) in [6, 6.07) is 6.83. The molecule has 0 aliphatic carbocycles. The fraction of sp³-hybridized carbons (Fsp3) is 0.235. The van der Waals surface area contributed by atoms with Crippen LogP contribution in [0.2, 0.25) is 5.02 Å². The highest BCUT2D eigenvalue weighted by Crippen LogP contribution is 2.36. The van der Waals surface area contributed by atoms with Gasteiger partial charge in [-0.2, -0.15) is 5.10 Å². The van der Waals surface area contributed by atoms with Crippen molar-refractivity contribution in [2.45, 2.75) is 26.5 Å². The average Bonchev–Trinajstić information content (AvgIpc) is 3.12. The maximum atomic E-state index is 11.8. The Hall–Kier alpha value is -2.64. The van der Waals surface area contributed by atoms with Crippen molar-refractivity contribution in [2.75, 3.05) is 0 Å². The van der Waals surface area contributed by atoms with Gasteiger partial charge < -0.3 is 14.7 Å². The number of aliphatic hydroxyl groups is 1. The number of carboxylic acids is 1. The van der Waals surface area contributed by atoms with E-state index in [1.54, 1.807) is 42.8 Å². The monoisotopic (exact) mass is 361 g/mol. The van der Waals surface area contributed by atoms with Gasteiger partial charge in [-0.05, 0) is 19.9 Å². The lowest BCUT2D eigenvalue weighted by atomic mass is 10.0. The van der Waals surface area contributed by atoms with Crippen LogP contribution in [0, 0.1) is 6.92 Å². The van der Waals surface area contributed by atoms with Gasteiger partial charge in [-0.3, -0.25) is 4.68 Å². The molecule has 0 bridgehead atoms. The molecule has 8 heteroatoms. The molecular weight excluding hydrogens is 346 g/mol. The minimum absolute atomic E-state index is 0.0761. The molecule has 2 aromatic heterocycles. The summed E-state index contributed by atoms with van der Waals surface area (Å²) >= 11 is 6.16. The second-order valence-corrected chi connectivity index (χ2v) is 6.10. The number of aromatic nitrogens is 3. The van der Waals surface area contributed by atoms with Crippen molar-refractivity contribution < 1.29 is 19.5 Å². The van der Waals surface area contributed by atoms with Crippen molar-refractivity contribution in [3.8, 4) is 22.6 Å². The van der Waals surface area contributed by atoms with E-state index >= 15 is 0 Å². The lowest BCUT2D eigenvalue weighted by Crippen LogP contribution is -2.14. The Morgan fingerprint density at radius 2 is 2.08 bits per heavy atom. The van der Waals surface area contributed by atoms with Crippen LogP contribution in [0.3, 0.4) is 0 Å². The average molecular weight is 362 g/mol. The van der Waals surface area contributed by atoms with Crippen molar-refractivity contribution in [1.82, 2.24) is 14.9 Å². The first-order chi connectivity index (χ1) is 11.9. The molecule has 0 unspecified atom stereocenters. The molecule has 0 aliphatic heterocycles. The molecule has 3 rings (SSSR count). The number of nitrogens with zero attached hydrogens (tertiary/aromatic N) is 3. The number of hydrogen-bond acceptors (Lipinski definition) is 5. The van der Waals surface area contributed by atoms with Gasteiger partial charge in [0.05, 0.1) is 29.4 Å². The molecule has 2 N–H and O–H groups in total. The molecule has 1 atom stereocenters. The fourth-order valence-corrected chi connectivity index (χ4v) is 2.84. The van der Waals surface area contributed by atoms with Crippen LogP contribution in [0.4, 0.5) is 0 Å². The van der Waals surface area contributed by atoms with Crippen molar-refractivity contribution in [3.05, 3.63) is 46.7 Å². The number of aliphatic hydroxyl groups excluding tert-OH is 1. The Kier molecular flexibility index (Phi) is 4.61. The standard InChI is InChI=1S/C17H16ClN3O4/c1-9(22)8-21-10(2)12(7-19-21)16-14(17(23)24)15(20-25-16)11-5-3-4-6-13(11)18/h3-7,9,22H,8H2,1-2H3,(H,23,24)/t9-/m0/s1. The first kappa shape index (κ1) is 17.2. The van der Waals surface area contributed by atoms with E-state index in [9.17, 15) is 15.0 Å². The molecule has 130 valence electrons. The van der Waals surface area contributed by atoms with Crippen LogP contribution >= 0.6 is 11.6 Å². The highest BCUT2D eigenvalue weighted by atomic mass is 35.5. The number of carbonyl (C=O) groups is 1. The first-order valence-electron chi connectivity index (χ1n) is 7.58. The third-order valence-electron chi connectivity index (χ3n) is 3.82. The summed E-state index contributed by atoms with van der Waals surface area (Å²) in [7, 11) is 0. The van der Waals surface area contributed by atoms with Gasteiger partial charge in [0.2, 0.25) is 0 Å². The van der Waals surface area contributed by atoms with E-state index in [-0.39, 0.29) is 17.0 Å². The first-order valence-corrected chi connectivity index (χ1v) is 7.96. The summed E-state index contributed by atoms with van der Waals surface area (Å²) in [6.07, 6.45) is 0.917. The molecule has 2 heterocycles. The molecule has 7 nitrogen and oxygen atoms in total. The van der Waals surface area contributed by atoms with Crippen molar-refractivity contribution >= 4 is 17.6 Å². The van der Waals surface area contributed by atoms with Gasteiger partial charge in [0.25, 0.3) is 0 Å². The molecule has 0 spiro atoms.